The quantitative estimate of drug-likeness (QED) is 0.731. The number of aromatic nitrogens is 3. The molecular weight excluding hydrogens is 220 g/mol. The van der Waals surface area contributed by atoms with Crippen molar-refractivity contribution in [1.82, 2.24) is 20.3 Å². The number of hydrogen-bond acceptors (Lipinski definition) is 4. The van der Waals surface area contributed by atoms with Gasteiger partial charge in [-0.05, 0) is 12.8 Å². The molecule has 2 heterocycles. The maximum absolute atomic E-state index is 12.3. The zero-order chi connectivity index (χ0) is 11.7. The Kier molecular flexibility index (Phi) is 2.80. The van der Waals surface area contributed by atoms with Crippen molar-refractivity contribution in [3.63, 3.8) is 0 Å². The molecule has 0 bridgehead atoms. The molecule has 1 aliphatic heterocycles. The molecule has 6 nitrogen and oxygen atoms in total. The number of aryl methyl sites for hydroxylation is 1. The minimum absolute atomic E-state index is 0.0747. The average molecular weight is 236 g/mol. The highest BCUT2D eigenvalue weighted by Gasteiger charge is 2.30. The molecule has 0 aromatic carbocycles. The van der Waals surface area contributed by atoms with E-state index in [-0.39, 0.29) is 11.8 Å². The molecule has 2 aliphatic rings. The van der Waals surface area contributed by atoms with Crippen LogP contribution in [0.2, 0.25) is 0 Å². The summed E-state index contributed by atoms with van der Waals surface area (Å²) in [5, 5.41) is 10.8. The summed E-state index contributed by atoms with van der Waals surface area (Å²) < 4.78 is 5.26. The number of carbonyl (C=O) groups is 1. The minimum Gasteiger partial charge on any atom is -0.378 e. The number of carbonyl (C=O) groups excluding carboxylic acids is 1. The summed E-state index contributed by atoms with van der Waals surface area (Å²) in [6.45, 7) is 2.77. The fourth-order valence-electron chi connectivity index (χ4n) is 2.54. The van der Waals surface area contributed by atoms with Crippen molar-refractivity contribution in [2.24, 2.45) is 5.92 Å². The van der Waals surface area contributed by atoms with Gasteiger partial charge in [0.15, 0.2) is 0 Å². The number of fused-ring (bicyclic) bond motifs is 1. The van der Waals surface area contributed by atoms with E-state index in [0.717, 1.165) is 43.7 Å². The van der Waals surface area contributed by atoms with E-state index in [1.165, 1.54) is 0 Å². The predicted octanol–water partition coefficient (Wildman–Crippen LogP) is -0.232. The Labute approximate surface area is 99.3 Å². The second-order valence-electron chi connectivity index (χ2n) is 4.59. The first-order valence-corrected chi connectivity index (χ1v) is 6.09. The third-order valence-corrected chi connectivity index (χ3v) is 3.54. The third-order valence-electron chi connectivity index (χ3n) is 3.54. The molecule has 0 saturated carbocycles. The molecule has 1 aromatic rings. The summed E-state index contributed by atoms with van der Waals surface area (Å²) in [5.41, 5.74) is 1.99. The lowest BCUT2D eigenvalue weighted by molar-refractivity contribution is -0.140. The number of nitrogens with one attached hydrogen (secondary N) is 1. The molecule has 1 N–H and O–H groups in total. The van der Waals surface area contributed by atoms with Crippen LogP contribution in [0.5, 0.6) is 0 Å². The molecule has 6 heteroatoms. The highest BCUT2D eigenvalue weighted by Crippen LogP contribution is 2.24. The van der Waals surface area contributed by atoms with Crippen LogP contribution in [0.25, 0.3) is 0 Å². The number of H-pyrrole nitrogens is 1. The van der Waals surface area contributed by atoms with Crippen molar-refractivity contribution >= 4 is 5.91 Å². The zero-order valence-corrected chi connectivity index (χ0v) is 9.69. The highest BCUT2D eigenvalue weighted by molar-refractivity contribution is 5.79. The van der Waals surface area contributed by atoms with Crippen molar-refractivity contribution in [3.8, 4) is 0 Å². The van der Waals surface area contributed by atoms with Gasteiger partial charge in [0.1, 0.15) is 0 Å². The topological polar surface area (TPSA) is 71.1 Å². The Balaban J connectivity index is 1.67. The van der Waals surface area contributed by atoms with Crippen LogP contribution in [0.15, 0.2) is 0 Å². The molecule has 1 unspecified atom stereocenters. The maximum Gasteiger partial charge on any atom is 0.226 e. The molecule has 1 aliphatic carbocycles. The van der Waals surface area contributed by atoms with Gasteiger partial charge in [-0.1, -0.05) is 0 Å². The summed E-state index contributed by atoms with van der Waals surface area (Å²) in [4.78, 5) is 14.2. The second-order valence-corrected chi connectivity index (χ2v) is 4.59. The Morgan fingerprint density at radius 1 is 1.29 bits per heavy atom. The van der Waals surface area contributed by atoms with E-state index in [9.17, 15) is 4.79 Å². The van der Waals surface area contributed by atoms with Crippen LogP contribution in [-0.4, -0.2) is 52.5 Å². The largest absolute Gasteiger partial charge is 0.378 e. The standard InChI is InChI=1S/C11H16N4O2/c16-11(15-3-5-17-6-4-15)8-1-2-9-10(7-8)13-14-12-9/h8H,1-7H2,(H,12,13,14). The number of rotatable bonds is 1. The highest BCUT2D eigenvalue weighted by atomic mass is 16.5. The number of morpholine rings is 1. The lowest BCUT2D eigenvalue weighted by atomic mass is 9.88. The van der Waals surface area contributed by atoms with Gasteiger partial charge in [0, 0.05) is 25.4 Å². The molecule has 1 atom stereocenters. The van der Waals surface area contributed by atoms with Crippen LogP contribution >= 0.6 is 0 Å². The van der Waals surface area contributed by atoms with Crippen LogP contribution < -0.4 is 0 Å². The number of ether oxygens (including phenoxy) is 1. The van der Waals surface area contributed by atoms with Gasteiger partial charge in [0.25, 0.3) is 0 Å². The molecule has 0 spiro atoms. The van der Waals surface area contributed by atoms with Crippen LogP contribution in [0, 0.1) is 5.92 Å². The van der Waals surface area contributed by atoms with Gasteiger partial charge in [-0.15, -0.1) is 0 Å². The van der Waals surface area contributed by atoms with Crippen LogP contribution in [0.1, 0.15) is 17.8 Å². The first-order valence-electron chi connectivity index (χ1n) is 6.09. The van der Waals surface area contributed by atoms with E-state index in [2.05, 4.69) is 15.4 Å². The Morgan fingerprint density at radius 3 is 2.88 bits per heavy atom. The molecule has 1 saturated heterocycles. The fraction of sp³-hybridized carbons (Fsp3) is 0.727. The van der Waals surface area contributed by atoms with E-state index < -0.39 is 0 Å². The Hall–Kier alpha value is -1.43. The van der Waals surface area contributed by atoms with Crippen molar-refractivity contribution in [2.75, 3.05) is 26.3 Å². The normalized spacial score (nSPS) is 24.5. The van der Waals surface area contributed by atoms with Crippen molar-refractivity contribution in [3.05, 3.63) is 11.4 Å². The lowest BCUT2D eigenvalue weighted by Crippen LogP contribution is -2.44. The van der Waals surface area contributed by atoms with Crippen molar-refractivity contribution in [1.29, 1.82) is 0 Å². The Bertz CT molecular complexity index is 411. The molecule has 0 radical (unpaired) electrons. The molecule has 1 aromatic heterocycles. The first-order chi connectivity index (χ1) is 8.34. The van der Waals surface area contributed by atoms with E-state index in [0.29, 0.717) is 13.2 Å². The van der Waals surface area contributed by atoms with Crippen molar-refractivity contribution in [2.45, 2.75) is 19.3 Å². The van der Waals surface area contributed by atoms with Crippen molar-refractivity contribution < 1.29 is 9.53 Å². The van der Waals surface area contributed by atoms with Crippen LogP contribution in [0.4, 0.5) is 0 Å². The van der Waals surface area contributed by atoms with Gasteiger partial charge in [-0.3, -0.25) is 4.79 Å². The predicted molar refractivity (Wildman–Crippen MR) is 59.3 cm³/mol. The van der Waals surface area contributed by atoms with E-state index >= 15 is 0 Å². The average Bonchev–Trinajstić information content (AvgIpc) is 2.86. The van der Waals surface area contributed by atoms with Gasteiger partial charge in [-0.2, -0.15) is 15.4 Å². The maximum atomic E-state index is 12.3. The monoisotopic (exact) mass is 236 g/mol. The second kappa shape index (κ2) is 4.44. The summed E-state index contributed by atoms with van der Waals surface area (Å²) in [6.07, 6.45) is 2.46. The fourth-order valence-corrected chi connectivity index (χ4v) is 2.54. The summed E-state index contributed by atoms with van der Waals surface area (Å²) in [6, 6.07) is 0. The zero-order valence-electron chi connectivity index (χ0n) is 9.69. The molecule has 17 heavy (non-hydrogen) atoms. The lowest BCUT2D eigenvalue weighted by Gasteiger charge is -2.31. The summed E-state index contributed by atoms with van der Waals surface area (Å²) >= 11 is 0. The van der Waals surface area contributed by atoms with E-state index in [4.69, 9.17) is 4.74 Å². The summed E-state index contributed by atoms with van der Waals surface area (Å²) in [7, 11) is 0. The first kappa shape index (κ1) is 10.7. The summed E-state index contributed by atoms with van der Waals surface area (Å²) in [5.74, 6) is 0.327. The molecule has 1 amide bonds. The van der Waals surface area contributed by atoms with Crippen LogP contribution in [0.3, 0.4) is 0 Å². The van der Waals surface area contributed by atoms with Crippen LogP contribution in [-0.2, 0) is 22.4 Å². The molecule has 3 rings (SSSR count). The van der Waals surface area contributed by atoms with Gasteiger partial charge in [0.2, 0.25) is 5.91 Å². The van der Waals surface area contributed by atoms with Gasteiger partial charge in [-0.25, -0.2) is 0 Å². The number of aromatic amines is 1. The smallest absolute Gasteiger partial charge is 0.226 e. The van der Waals surface area contributed by atoms with E-state index in [1.54, 1.807) is 0 Å². The van der Waals surface area contributed by atoms with E-state index in [1.807, 2.05) is 4.90 Å². The number of nitrogens with zero attached hydrogens (tertiary/aromatic N) is 3. The third kappa shape index (κ3) is 2.04. The van der Waals surface area contributed by atoms with Gasteiger partial charge >= 0.3 is 0 Å². The molecular formula is C11H16N4O2. The Morgan fingerprint density at radius 2 is 2.06 bits per heavy atom. The molecule has 1 fully saturated rings. The number of hydrogen-bond donors (Lipinski definition) is 1. The minimum atomic E-state index is 0.0747. The van der Waals surface area contributed by atoms with Gasteiger partial charge in [0.05, 0.1) is 24.6 Å². The van der Waals surface area contributed by atoms with Gasteiger partial charge < -0.3 is 9.64 Å². The number of amides is 1. The SMILES string of the molecule is O=C(C1CCc2n[nH]nc2C1)N1CCOCC1. The molecule has 92 valence electrons.